The summed E-state index contributed by atoms with van der Waals surface area (Å²) in [6.07, 6.45) is -3.19. The second-order valence-corrected chi connectivity index (χ2v) is 6.51. The molecule has 0 unspecified atom stereocenters. The SMILES string of the molecule is CCn1nc(-c2ccc(OCc3ccc(Cl)nc3)cc2F)c(Cl)c1C(F)(F)F. The number of ether oxygens (including phenoxy) is 1. The van der Waals surface area contributed by atoms with Crippen LogP contribution in [0, 0.1) is 5.82 Å². The van der Waals surface area contributed by atoms with Crippen molar-refractivity contribution in [1.29, 1.82) is 0 Å². The number of nitrogens with zero attached hydrogens (tertiary/aromatic N) is 3. The molecule has 10 heteroatoms. The zero-order valence-corrected chi connectivity index (χ0v) is 15.9. The second-order valence-electron chi connectivity index (χ2n) is 5.74. The van der Waals surface area contributed by atoms with Crippen LogP contribution in [0.1, 0.15) is 18.2 Å². The largest absolute Gasteiger partial charge is 0.489 e. The predicted octanol–water partition coefficient (Wildman–Crippen LogP) is 6.01. The molecule has 0 radical (unpaired) electrons. The van der Waals surface area contributed by atoms with Crippen molar-refractivity contribution in [2.24, 2.45) is 0 Å². The van der Waals surface area contributed by atoms with E-state index in [4.69, 9.17) is 27.9 Å². The molecule has 0 aliphatic carbocycles. The van der Waals surface area contributed by atoms with Crippen molar-refractivity contribution in [3.63, 3.8) is 0 Å². The summed E-state index contributed by atoms with van der Waals surface area (Å²) in [7, 11) is 0. The zero-order chi connectivity index (χ0) is 20.5. The van der Waals surface area contributed by atoms with Gasteiger partial charge in [0.15, 0.2) is 5.69 Å². The second kappa shape index (κ2) is 7.97. The Morgan fingerprint density at radius 2 is 1.89 bits per heavy atom. The lowest BCUT2D eigenvalue weighted by Gasteiger charge is -2.08. The standard InChI is InChI=1S/C18H13Cl2F4N3O/c1-2-27-17(18(22,23)24)15(20)16(26-27)12-5-4-11(7-13(12)21)28-9-10-3-6-14(19)25-8-10/h3-8H,2,9H2,1H3. The summed E-state index contributed by atoms with van der Waals surface area (Å²) in [4.78, 5) is 3.91. The van der Waals surface area contributed by atoms with Crippen molar-refractivity contribution in [3.05, 3.63) is 63.8 Å². The molecule has 2 heterocycles. The molecule has 0 saturated carbocycles. The Labute approximate surface area is 167 Å². The highest BCUT2D eigenvalue weighted by atomic mass is 35.5. The molecule has 0 fully saturated rings. The van der Waals surface area contributed by atoms with Gasteiger partial charge in [0.25, 0.3) is 0 Å². The Balaban J connectivity index is 1.87. The minimum atomic E-state index is -4.70. The molecule has 0 saturated heterocycles. The maximum Gasteiger partial charge on any atom is 0.434 e. The summed E-state index contributed by atoms with van der Waals surface area (Å²) in [5.41, 5.74) is -0.819. The summed E-state index contributed by atoms with van der Waals surface area (Å²) >= 11 is 11.6. The number of rotatable bonds is 5. The molecule has 0 N–H and O–H groups in total. The van der Waals surface area contributed by atoms with Crippen molar-refractivity contribution in [2.45, 2.75) is 26.3 Å². The normalized spacial score (nSPS) is 11.7. The van der Waals surface area contributed by atoms with Crippen molar-refractivity contribution >= 4 is 23.2 Å². The first-order valence-corrected chi connectivity index (χ1v) is 8.83. The van der Waals surface area contributed by atoms with E-state index in [-0.39, 0.29) is 30.2 Å². The van der Waals surface area contributed by atoms with Crippen LogP contribution < -0.4 is 4.74 Å². The molecular weight excluding hydrogens is 421 g/mol. The molecule has 0 amide bonds. The Morgan fingerprint density at radius 3 is 2.43 bits per heavy atom. The van der Waals surface area contributed by atoms with E-state index in [0.717, 1.165) is 6.07 Å². The smallest absolute Gasteiger partial charge is 0.434 e. The molecule has 0 aliphatic rings. The quantitative estimate of drug-likeness (QED) is 0.365. The number of hydrogen-bond acceptors (Lipinski definition) is 3. The average molecular weight is 434 g/mol. The fourth-order valence-electron chi connectivity index (χ4n) is 2.55. The Hall–Kier alpha value is -2.32. The summed E-state index contributed by atoms with van der Waals surface area (Å²) in [5.74, 6) is -0.610. The summed E-state index contributed by atoms with van der Waals surface area (Å²) in [6.45, 7) is 1.54. The van der Waals surface area contributed by atoms with Gasteiger partial charge in [0.2, 0.25) is 0 Å². The number of aryl methyl sites for hydroxylation is 1. The van der Waals surface area contributed by atoms with Gasteiger partial charge in [-0.3, -0.25) is 4.68 Å². The first-order chi connectivity index (χ1) is 13.2. The highest BCUT2D eigenvalue weighted by Crippen LogP contribution is 2.40. The maximum absolute atomic E-state index is 14.5. The van der Waals surface area contributed by atoms with E-state index in [0.29, 0.717) is 15.4 Å². The van der Waals surface area contributed by atoms with Crippen molar-refractivity contribution < 1.29 is 22.3 Å². The predicted molar refractivity (Wildman–Crippen MR) is 96.9 cm³/mol. The lowest BCUT2D eigenvalue weighted by Crippen LogP contribution is -2.14. The van der Waals surface area contributed by atoms with E-state index >= 15 is 0 Å². The minimum Gasteiger partial charge on any atom is -0.489 e. The van der Waals surface area contributed by atoms with Crippen LogP contribution in [0.25, 0.3) is 11.3 Å². The fourth-order valence-corrected chi connectivity index (χ4v) is 3.00. The number of aromatic nitrogens is 3. The van der Waals surface area contributed by atoms with E-state index < -0.39 is 22.7 Å². The third kappa shape index (κ3) is 4.23. The van der Waals surface area contributed by atoms with E-state index in [2.05, 4.69) is 10.1 Å². The van der Waals surface area contributed by atoms with Gasteiger partial charge >= 0.3 is 6.18 Å². The van der Waals surface area contributed by atoms with E-state index in [1.165, 1.54) is 25.3 Å². The third-order valence-corrected chi connectivity index (χ3v) is 4.43. The van der Waals surface area contributed by atoms with Crippen LogP contribution in [0.2, 0.25) is 10.2 Å². The summed E-state index contributed by atoms with van der Waals surface area (Å²) < 4.78 is 60.3. The first-order valence-electron chi connectivity index (χ1n) is 8.07. The van der Waals surface area contributed by atoms with Gasteiger partial charge in [-0.15, -0.1) is 0 Å². The van der Waals surface area contributed by atoms with Crippen LogP contribution in [0.3, 0.4) is 0 Å². The van der Waals surface area contributed by atoms with Crippen LogP contribution in [0.15, 0.2) is 36.5 Å². The van der Waals surface area contributed by atoms with Crippen LogP contribution in [0.4, 0.5) is 17.6 Å². The highest BCUT2D eigenvalue weighted by molar-refractivity contribution is 6.33. The molecule has 0 spiro atoms. The van der Waals surface area contributed by atoms with E-state index in [9.17, 15) is 17.6 Å². The van der Waals surface area contributed by atoms with Gasteiger partial charge in [-0.05, 0) is 25.1 Å². The molecule has 1 aromatic carbocycles. The van der Waals surface area contributed by atoms with Crippen molar-refractivity contribution in [2.75, 3.05) is 0 Å². The van der Waals surface area contributed by atoms with Gasteiger partial charge in [-0.2, -0.15) is 18.3 Å². The maximum atomic E-state index is 14.5. The fraction of sp³-hybridized carbons (Fsp3) is 0.222. The molecule has 3 aromatic rings. The molecule has 3 rings (SSSR count). The van der Waals surface area contributed by atoms with Gasteiger partial charge in [-0.1, -0.05) is 29.3 Å². The highest BCUT2D eigenvalue weighted by Gasteiger charge is 2.39. The summed E-state index contributed by atoms with van der Waals surface area (Å²) in [5, 5.41) is 3.51. The number of halogens is 6. The van der Waals surface area contributed by atoms with Crippen LogP contribution in [-0.4, -0.2) is 14.8 Å². The molecule has 0 aliphatic heterocycles. The lowest BCUT2D eigenvalue weighted by atomic mass is 10.1. The van der Waals surface area contributed by atoms with Gasteiger partial charge in [0, 0.05) is 29.9 Å². The third-order valence-electron chi connectivity index (χ3n) is 3.85. The number of alkyl halides is 3. The van der Waals surface area contributed by atoms with Gasteiger partial charge in [-0.25, -0.2) is 9.37 Å². The van der Waals surface area contributed by atoms with Crippen molar-refractivity contribution in [1.82, 2.24) is 14.8 Å². The number of benzene rings is 1. The number of pyridine rings is 1. The van der Waals surface area contributed by atoms with Crippen LogP contribution in [-0.2, 0) is 19.3 Å². The van der Waals surface area contributed by atoms with Gasteiger partial charge in [0.05, 0.1) is 5.02 Å². The van der Waals surface area contributed by atoms with Gasteiger partial charge < -0.3 is 4.74 Å². The lowest BCUT2D eigenvalue weighted by molar-refractivity contribution is -0.144. The van der Waals surface area contributed by atoms with Crippen molar-refractivity contribution in [3.8, 4) is 17.0 Å². The Kier molecular flexibility index (Phi) is 5.81. The topological polar surface area (TPSA) is 39.9 Å². The monoisotopic (exact) mass is 433 g/mol. The molecule has 4 nitrogen and oxygen atoms in total. The molecule has 0 atom stereocenters. The zero-order valence-electron chi connectivity index (χ0n) is 14.4. The van der Waals surface area contributed by atoms with E-state index in [1.807, 2.05) is 0 Å². The van der Waals surface area contributed by atoms with Crippen LogP contribution in [0.5, 0.6) is 5.75 Å². The van der Waals surface area contributed by atoms with Crippen LogP contribution >= 0.6 is 23.2 Å². The van der Waals surface area contributed by atoms with E-state index in [1.54, 1.807) is 12.1 Å². The Bertz CT molecular complexity index is 988. The molecule has 0 bridgehead atoms. The average Bonchev–Trinajstić information content (AvgIpc) is 2.98. The molecule has 148 valence electrons. The minimum absolute atomic E-state index is 0.0630. The molecular formula is C18H13Cl2F4N3O. The Morgan fingerprint density at radius 1 is 1.14 bits per heavy atom. The first kappa shape index (κ1) is 20.4. The molecule has 28 heavy (non-hydrogen) atoms. The van der Waals surface area contributed by atoms with Gasteiger partial charge in [0.1, 0.15) is 29.0 Å². The number of hydrogen-bond donors (Lipinski definition) is 0. The summed E-state index contributed by atoms with van der Waals surface area (Å²) in [6, 6.07) is 7.06. The molecule has 2 aromatic heterocycles.